The van der Waals surface area contributed by atoms with Crippen LogP contribution in [-0.2, 0) is 16.1 Å². The molecule has 0 bridgehead atoms. The molecule has 0 spiro atoms. The van der Waals surface area contributed by atoms with E-state index in [2.05, 4.69) is 24.4 Å². The second kappa shape index (κ2) is 6.39. The predicted octanol–water partition coefficient (Wildman–Crippen LogP) is 2.32. The molecule has 5 heteroatoms. The molecule has 0 saturated carbocycles. The molecule has 1 fully saturated rings. The maximum absolute atomic E-state index is 12.6. The van der Waals surface area contributed by atoms with Gasteiger partial charge in [0.1, 0.15) is 0 Å². The zero-order valence-electron chi connectivity index (χ0n) is 12.3. The van der Waals surface area contributed by atoms with E-state index in [1.807, 2.05) is 18.7 Å². The molecule has 2 amide bonds. The van der Waals surface area contributed by atoms with Gasteiger partial charge in [0.2, 0.25) is 11.8 Å². The molecule has 1 aliphatic heterocycles. The number of nitrogens with zero attached hydrogens (tertiary/aromatic N) is 1. The minimum absolute atomic E-state index is 0.0547. The van der Waals surface area contributed by atoms with Crippen LogP contribution in [0.25, 0.3) is 0 Å². The van der Waals surface area contributed by atoms with Crippen LogP contribution in [0.4, 0.5) is 0 Å². The van der Waals surface area contributed by atoms with Gasteiger partial charge in [0, 0.05) is 28.8 Å². The van der Waals surface area contributed by atoms with Crippen molar-refractivity contribution in [1.82, 2.24) is 10.2 Å². The van der Waals surface area contributed by atoms with Crippen LogP contribution in [0.2, 0.25) is 0 Å². The average Bonchev–Trinajstić information content (AvgIpc) is 2.81. The first-order chi connectivity index (χ1) is 9.47. The van der Waals surface area contributed by atoms with Gasteiger partial charge in [-0.05, 0) is 39.3 Å². The van der Waals surface area contributed by atoms with Gasteiger partial charge in [0.15, 0.2) is 0 Å². The predicted molar refractivity (Wildman–Crippen MR) is 80.5 cm³/mol. The van der Waals surface area contributed by atoms with Crippen LogP contribution in [-0.4, -0.2) is 29.3 Å². The largest absolute Gasteiger partial charge is 0.355 e. The van der Waals surface area contributed by atoms with Gasteiger partial charge in [-0.15, -0.1) is 11.3 Å². The summed E-state index contributed by atoms with van der Waals surface area (Å²) in [6.45, 7) is 7.30. The van der Waals surface area contributed by atoms with Crippen LogP contribution < -0.4 is 5.32 Å². The van der Waals surface area contributed by atoms with E-state index in [4.69, 9.17) is 0 Å². The van der Waals surface area contributed by atoms with Crippen molar-refractivity contribution >= 4 is 23.2 Å². The summed E-state index contributed by atoms with van der Waals surface area (Å²) >= 11 is 1.73. The van der Waals surface area contributed by atoms with Crippen molar-refractivity contribution < 1.29 is 9.59 Å². The molecule has 1 atom stereocenters. The summed E-state index contributed by atoms with van der Waals surface area (Å²) in [5.41, 5.74) is 0. The fourth-order valence-electron chi connectivity index (χ4n) is 2.43. The third-order valence-electron chi connectivity index (χ3n) is 3.64. The standard InChI is InChI=1S/C15H22N2O2S/c1-10(2)17(9-13-6-4-11(3)20-13)15(19)12-5-7-14(18)16-8-12/h4,6,10,12H,5,7-9H2,1-3H3,(H,16,18)/t12-/m1/s1. The van der Waals surface area contributed by atoms with Crippen molar-refractivity contribution in [2.75, 3.05) is 6.54 Å². The molecule has 20 heavy (non-hydrogen) atoms. The van der Waals surface area contributed by atoms with Gasteiger partial charge >= 0.3 is 0 Å². The Morgan fingerprint density at radius 1 is 1.50 bits per heavy atom. The number of hydrogen-bond donors (Lipinski definition) is 1. The van der Waals surface area contributed by atoms with Crippen molar-refractivity contribution in [3.05, 3.63) is 21.9 Å². The molecular formula is C15H22N2O2S. The van der Waals surface area contributed by atoms with Crippen LogP contribution >= 0.6 is 11.3 Å². The van der Waals surface area contributed by atoms with Crippen molar-refractivity contribution in [2.24, 2.45) is 5.92 Å². The second-order valence-corrected chi connectivity index (χ2v) is 6.98. The number of rotatable bonds is 4. The zero-order valence-corrected chi connectivity index (χ0v) is 13.1. The molecule has 0 aliphatic carbocycles. The number of amides is 2. The molecule has 1 aromatic rings. The summed E-state index contributed by atoms with van der Waals surface area (Å²) < 4.78 is 0. The van der Waals surface area contributed by atoms with Gasteiger partial charge in [-0.1, -0.05) is 0 Å². The fourth-order valence-corrected chi connectivity index (χ4v) is 3.32. The summed E-state index contributed by atoms with van der Waals surface area (Å²) in [7, 11) is 0. The monoisotopic (exact) mass is 294 g/mol. The van der Waals surface area contributed by atoms with Gasteiger partial charge < -0.3 is 10.2 Å². The quantitative estimate of drug-likeness (QED) is 0.926. The van der Waals surface area contributed by atoms with E-state index in [0.29, 0.717) is 25.9 Å². The highest BCUT2D eigenvalue weighted by atomic mass is 32.1. The molecule has 2 heterocycles. The van der Waals surface area contributed by atoms with Crippen molar-refractivity contribution in [2.45, 2.75) is 46.2 Å². The smallest absolute Gasteiger partial charge is 0.228 e. The molecule has 0 unspecified atom stereocenters. The summed E-state index contributed by atoms with van der Waals surface area (Å²) in [5, 5.41) is 2.79. The van der Waals surface area contributed by atoms with E-state index in [-0.39, 0.29) is 23.8 Å². The van der Waals surface area contributed by atoms with E-state index in [0.717, 1.165) is 0 Å². The Bertz CT molecular complexity index is 486. The summed E-state index contributed by atoms with van der Waals surface area (Å²) in [6.07, 6.45) is 1.12. The Morgan fingerprint density at radius 3 is 2.75 bits per heavy atom. The molecule has 110 valence electrons. The Labute approximate surface area is 124 Å². The highest BCUT2D eigenvalue weighted by Gasteiger charge is 2.29. The minimum Gasteiger partial charge on any atom is -0.355 e. The van der Waals surface area contributed by atoms with Crippen molar-refractivity contribution in [3.8, 4) is 0 Å². The fraction of sp³-hybridized carbons (Fsp3) is 0.600. The molecule has 1 aliphatic rings. The number of thiophene rings is 1. The first kappa shape index (κ1) is 15.0. The molecule has 0 aromatic carbocycles. The Hall–Kier alpha value is -1.36. The highest BCUT2D eigenvalue weighted by molar-refractivity contribution is 7.11. The number of hydrogen-bond acceptors (Lipinski definition) is 3. The summed E-state index contributed by atoms with van der Waals surface area (Å²) in [6, 6.07) is 4.34. The number of aryl methyl sites for hydroxylation is 1. The molecule has 1 aromatic heterocycles. The third kappa shape index (κ3) is 3.60. The highest BCUT2D eigenvalue weighted by Crippen LogP contribution is 2.21. The first-order valence-corrected chi connectivity index (χ1v) is 7.91. The maximum atomic E-state index is 12.6. The van der Waals surface area contributed by atoms with Crippen molar-refractivity contribution in [1.29, 1.82) is 0 Å². The van der Waals surface area contributed by atoms with Crippen LogP contribution in [0.5, 0.6) is 0 Å². The Morgan fingerprint density at radius 2 is 2.25 bits per heavy atom. The molecule has 1 saturated heterocycles. The van der Waals surface area contributed by atoms with Gasteiger partial charge in [-0.3, -0.25) is 9.59 Å². The lowest BCUT2D eigenvalue weighted by atomic mass is 9.97. The zero-order chi connectivity index (χ0) is 14.7. The number of nitrogens with one attached hydrogen (secondary N) is 1. The van der Waals surface area contributed by atoms with Crippen LogP contribution in [0.15, 0.2) is 12.1 Å². The number of piperidine rings is 1. The normalized spacial score (nSPS) is 19.0. The van der Waals surface area contributed by atoms with E-state index in [9.17, 15) is 9.59 Å². The van der Waals surface area contributed by atoms with Crippen LogP contribution in [0.3, 0.4) is 0 Å². The lowest BCUT2D eigenvalue weighted by Gasteiger charge is -2.32. The van der Waals surface area contributed by atoms with Crippen LogP contribution in [0, 0.1) is 12.8 Å². The SMILES string of the molecule is Cc1ccc(CN(C(=O)[C@@H]2CCC(=O)NC2)C(C)C)s1. The van der Waals surface area contributed by atoms with E-state index in [1.165, 1.54) is 9.75 Å². The minimum atomic E-state index is -0.0730. The van der Waals surface area contributed by atoms with E-state index in [1.54, 1.807) is 11.3 Å². The maximum Gasteiger partial charge on any atom is 0.228 e. The number of carbonyl (C=O) groups is 2. The third-order valence-corrected chi connectivity index (χ3v) is 4.63. The number of carbonyl (C=O) groups excluding carboxylic acids is 2. The van der Waals surface area contributed by atoms with Gasteiger partial charge in [0.05, 0.1) is 12.5 Å². The average molecular weight is 294 g/mol. The molecule has 4 nitrogen and oxygen atoms in total. The van der Waals surface area contributed by atoms with Gasteiger partial charge in [0.25, 0.3) is 0 Å². The molecule has 2 rings (SSSR count). The van der Waals surface area contributed by atoms with Crippen LogP contribution in [0.1, 0.15) is 36.4 Å². The lowest BCUT2D eigenvalue weighted by molar-refractivity contribution is -0.139. The van der Waals surface area contributed by atoms with E-state index < -0.39 is 0 Å². The Balaban J connectivity index is 2.04. The molecule has 1 N–H and O–H groups in total. The first-order valence-electron chi connectivity index (χ1n) is 7.10. The lowest BCUT2D eigenvalue weighted by Crippen LogP contribution is -2.46. The summed E-state index contributed by atoms with van der Waals surface area (Å²) in [5.74, 6) is 0.140. The second-order valence-electron chi connectivity index (χ2n) is 5.61. The summed E-state index contributed by atoms with van der Waals surface area (Å²) in [4.78, 5) is 28.2. The van der Waals surface area contributed by atoms with E-state index >= 15 is 0 Å². The van der Waals surface area contributed by atoms with Gasteiger partial charge in [-0.25, -0.2) is 0 Å². The topological polar surface area (TPSA) is 49.4 Å². The van der Waals surface area contributed by atoms with Crippen molar-refractivity contribution in [3.63, 3.8) is 0 Å². The van der Waals surface area contributed by atoms with Gasteiger partial charge in [-0.2, -0.15) is 0 Å². The Kier molecular flexibility index (Phi) is 4.81. The molecule has 0 radical (unpaired) electrons. The molecular weight excluding hydrogens is 272 g/mol.